The standard InChI is InChI=1S/C25H20N2O4/c1-31-22-12-10-20(11-13-22)26-24(29)18-7-5-6-17(14-18)15-19-16-23(28)27(25(19)30)21-8-3-2-4-9-21/h2-15H,16H2,1H3,(H,26,29)/b19-15+. The fraction of sp³-hybridized carbons (Fsp3) is 0.0800. The van der Waals surface area contributed by atoms with E-state index in [1.54, 1.807) is 86.0 Å². The third-order valence-corrected chi connectivity index (χ3v) is 4.92. The third-order valence-electron chi connectivity index (χ3n) is 4.92. The number of hydrogen-bond acceptors (Lipinski definition) is 4. The molecule has 154 valence electrons. The van der Waals surface area contributed by atoms with Crippen LogP contribution in [-0.2, 0) is 9.59 Å². The van der Waals surface area contributed by atoms with Crippen LogP contribution in [0.2, 0.25) is 0 Å². The Hall–Kier alpha value is -4.19. The lowest BCUT2D eigenvalue weighted by Crippen LogP contribution is -2.28. The first-order valence-corrected chi connectivity index (χ1v) is 9.73. The van der Waals surface area contributed by atoms with Gasteiger partial charge in [0, 0.05) is 16.8 Å². The first kappa shape index (κ1) is 20.1. The number of benzene rings is 3. The summed E-state index contributed by atoms with van der Waals surface area (Å²) in [5, 5.41) is 2.83. The Labute approximate surface area is 179 Å². The molecule has 6 heteroatoms. The molecular weight excluding hydrogens is 392 g/mol. The second kappa shape index (κ2) is 8.67. The Bertz CT molecular complexity index is 1170. The minimum Gasteiger partial charge on any atom is -0.497 e. The van der Waals surface area contributed by atoms with E-state index in [0.717, 1.165) is 0 Å². The van der Waals surface area contributed by atoms with E-state index in [0.29, 0.717) is 33.8 Å². The maximum Gasteiger partial charge on any atom is 0.261 e. The summed E-state index contributed by atoms with van der Waals surface area (Å²) in [6.07, 6.45) is 1.68. The van der Waals surface area contributed by atoms with Gasteiger partial charge in [0.05, 0.1) is 19.2 Å². The van der Waals surface area contributed by atoms with Crippen LogP contribution in [0.1, 0.15) is 22.3 Å². The summed E-state index contributed by atoms with van der Waals surface area (Å²) in [4.78, 5) is 39.0. The molecule has 3 aromatic carbocycles. The lowest BCUT2D eigenvalue weighted by Gasteiger charge is -2.12. The van der Waals surface area contributed by atoms with Gasteiger partial charge in [0.1, 0.15) is 5.75 Å². The van der Waals surface area contributed by atoms with E-state index in [1.807, 2.05) is 6.07 Å². The smallest absolute Gasteiger partial charge is 0.261 e. The molecule has 1 aliphatic rings. The van der Waals surface area contributed by atoms with E-state index in [2.05, 4.69) is 5.32 Å². The van der Waals surface area contributed by atoms with Crippen LogP contribution in [0.25, 0.3) is 6.08 Å². The summed E-state index contributed by atoms with van der Waals surface area (Å²) in [5.41, 5.74) is 2.70. The van der Waals surface area contributed by atoms with Crippen molar-refractivity contribution in [1.82, 2.24) is 0 Å². The molecule has 0 saturated carbocycles. The number of nitrogens with one attached hydrogen (secondary N) is 1. The molecule has 0 atom stereocenters. The fourth-order valence-electron chi connectivity index (χ4n) is 3.37. The molecule has 0 aromatic heterocycles. The van der Waals surface area contributed by atoms with Gasteiger partial charge in [-0.05, 0) is 60.2 Å². The van der Waals surface area contributed by atoms with E-state index in [9.17, 15) is 14.4 Å². The van der Waals surface area contributed by atoms with Crippen molar-refractivity contribution in [2.24, 2.45) is 0 Å². The van der Waals surface area contributed by atoms with E-state index >= 15 is 0 Å². The number of imide groups is 1. The average Bonchev–Trinajstić information content (AvgIpc) is 3.07. The van der Waals surface area contributed by atoms with Crippen molar-refractivity contribution < 1.29 is 19.1 Å². The quantitative estimate of drug-likeness (QED) is 0.501. The number of carbonyl (C=O) groups is 3. The summed E-state index contributed by atoms with van der Waals surface area (Å²) >= 11 is 0. The number of ether oxygens (including phenoxy) is 1. The number of para-hydroxylation sites is 1. The van der Waals surface area contributed by atoms with Gasteiger partial charge in [0.2, 0.25) is 5.91 Å². The Balaban J connectivity index is 1.52. The van der Waals surface area contributed by atoms with Crippen LogP contribution < -0.4 is 15.0 Å². The Morgan fingerprint density at radius 3 is 2.42 bits per heavy atom. The number of methoxy groups -OCH3 is 1. The van der Waals surface area contributed by atoms with E-state index in [-0.39, 0.29) is 24.1 Å². The summed E-state index contributed by atoms with van der Waals surface area (Å²) in [6, 6.07) is 22.8. The molecule has 1 fully saturated rings. The molecule has 1 heterocycles. The van der Waals surface area contributed by atoms with Crippen LogP contribution in [0.3, 0.4) is 0 Å². The second-order valence-electron chi connectivity index (χ2n) is 7.02. The van der Waals surface area contributed by atoms with E-state index < -0.39 is 0 Å². The Morgan fingerprint density at radius 2 is 1.71 bits per heavy atom. The lowest BCUT2D eigenvalue weighted by molar-refractivity contribution is -0.120. The van der Waals surface area contributed by atoms with Crippen LogP contribution in [0, 0.1) is 0 Å². The van der Waals surface area contributed by atoms with Crippen LogP contribution in [-0.4, -0.2) is 24.8 Å². The van der Waals surface area contributed by atoms with Gasteiger partial charge < -0.3 is 10.1 Å². The van der Waals surface area contributed by atoms with Gasteiger partial charge in [0.25, 0.3) is 11.8 Å². The molecule has 31 heavy (non-hydrogen) atoms. The number of hydrogen-bond donors (Lipinski definition) is 1. The predicted octanol–water partition coefficient (Wildman–Crippen LogP) is 4.29. The highest BCUT2D eigenvalue weighted by atomic mass is 16.5. The molecule has 1 aliphatic heterocycles. The molecule has 4 rings (SSSR count). The van der Waals surface area contributed by atoms with E-state index in [1.165, 1.54) is 4.90 Å². The van der Waals surface area contributed by atoms with Crippen LogP contribution in [0.4, 0.5) is 11.4 Å². The molecule has 3 aromatic rings. The van der Waals surface area contributed by atoms with Crippen LogP contribution >= 0.6 is 0 Å². The van der Waals surface area contributed by atoms with Crippen LogP contribution in [0.15, 0.2) is 84.4 Å². The summed E-state index contributed by atoms with van der Waals surface area (Å²) in [5.74, 6) is -0.183. The number of nitrogens with zero attached hydrogens (tertiary/aromatic N) is 1. The summed E-state index contributed by atoms with van der Waals surface area (Å²) in [6.45, 7) is 0. The largest absolute Gasteiger partial charge is 0.497 e. The first-order chi connectivity index (χ1) is 15.0. The first-order valence-electron chi connectivity index (χ1n) is 9.73. The van der Waals surface area contributed by atoms with Gasteiger partial charge >= 0.3 is 0 Å². The highest BCUT2D eigenvalue weighted by Crippen LogP contribution is 2.27. The third kappa shape index (κ3) is 4.38. The number of carbonyl (C=O) groups excluding carboxylic acids is 3. The summed E-state index contributed by atoms with van der Waals surface area (Å²) < 4.78 is 5.12. The topological polar surface area (TPSA) is 75.7 Å². The van der Waals surface area contributed by atoms with Crippen molar-refractivity contribution in [1.29, 1.82) is 0 Å². The average molecular weight is 412 g/mol. The maximum absolute atomic E-state index is 12.8. The van der Waals surface area contributed by atoms with Gasteiger partial charge in [-0.3, -0.25) is 14.4 Å². The molecule has 0 aliphatic carbocycles. The normalized spacial score (nSPS) is 14.7. The predicted molar refractivity (Wildman–Crippen MR) is 119 cm³/mol. The van der Waals surface area contributed by atoms with Gasteiger partial charge in [-0.15, -0.1) is 0 Å². The van der Waals surface area contributed by atoms with Crippen molar-refractivity contribution in [2.45, 2.75) is 6.42 Å². The lowest BCUT2D eigenvalue weighted by atomic mass is 10.1. The SMILES string of the molecule is COc1ccc(NC(=O)c2cccc(/C=C3\CC(=O)N(c4ccccc4)C3=O)c2)cc1. The van der Waals surface area contributed by atoms with E-state index in [4.69, 9.17) is 4.74 Å². The minimum atomic E-state index is -0.343. The van der Waals surface area contributed by atoms with Crippen molar-refractivity contribution >= 4 is 35.2 Å². The van der Waals surface area contributed by atoms with Gasteiger partial charge in [-0.1, -0.05) is 30.3 Å². The van der Waals surface area contributed by atoms with Crippen LogP contribution in [0.5, 0.6) is 5.75 Å². The zero-order valence-corrected chi connectivity index (χ0v) is 16.9. The highest BCUT2D eigenvalue weighted by molar-refractivity contribution is 6.29. The molecule has 3 amide bonds. The Morgan fingerprint density at radius 1 is 0.968 bits per heavy atom. The molecule has 0 spiro atoms. The molecule has 1 N–H and O–H groups in total. The molecule has 6 nitrogen and oxygen atoms in total. The monoisotopic (exact) mass is 412 g/mol. The Kier molecular flexibility index (Phi) is 5.62. The zero-order chi connectivity index (χ0) is 21.8. The fourth-order valence-corrected chi connectivity index (χ4v) is 3.37. The molecule has 0 bridgehead atoms. The second-order valence-corrected chi connectivity index (χ2v) is 7.02. The van der Waals surface area contributed by atoms with Gasteiger partial charge in [-0.2, -0.15) is 0 Å². The maximum atomic E-state index is 12.8. The molecule has 0 radical (unpaired) electrons. The van der Waals surface area contributed by atoms with Crippen molar-refractivity contribution in [2.75, 3.05) is 17.3 Å². The molecule has 0 unspecified atom stereocenters. The molecular formula is C25H20N2O4. The zero-order valence-electron chi connectivity index (χ0n) is 16.9. The minimum absolute atomic E-state index is 0.0238. The van der Waals surface area contributed by atoms with Gasteiger partial charge in [-0.25, -0.2) is 4.90 Å². The number of amides is 3. The molecule has 1 saturated heterocycles. The van der Waals surface area contributed by atoms with Crippen molar-refractivity contribution in [3.8, 4) is 5.75 Å². The highest BCUT2D eigenvalue weighted by Gasteiger charge is 2.34. The van der Waals surface area contributed by atoms with Crippen molar-refractivity contribution in [3.05, 3.63) is 95.6 Å². The van der Waals surface area contributed by atoms with Gasteiger partial charge in [0.15, 0.2) is 0 Å². The summed E-state index contributed by atoms with van der Waals surface area (Å²) in [7, 11) is 1.58. The number of anilines is 2. The van der Waals surface area contributed by atoms with Crippen molar-refractivity contribution in [3.63, 3.8) is 0 Å². The number of rotatable bonds is 5.